The van der Waals surface area contributed by atoms with Crippen LogP contribution in [0.15, 0.2) is 24.3 Å². The first-order valence-corrected chi connectivity index (χ1v) is 8.30. The Morgan fingerprint density at radius 1 is 1.24 bits per heavy atom. The Morgan fingerprint density at radius 3 is 2.62 bits per heavy atom. The SMILES string of the molecule is CCC1CCCN(CC(NC)c2ccc(OC)cc2)CC1. The highest BCUT2D eigenvalue weighted by Gasteiger charge is 2.19. The predicted molar refractivity (Wildman–Crippen MR) is 88.9 cm³/mol. The van der Waals surface area contributed by atoms with Crippen molar-refractivity contribution in [3.8, 4) is 5.75 Å². The molecule has 1 aromatic carbocycles. The molecule has 0 amide bonds. The average molecular weight is 290 g/mol. The van der Waals surface area contributed by atoms with Gasteiger partial charge in [0.25, 0.3) is 0 Å². The molecule has 0 aliphatic carbocycles. The lowest BCUT2D eigenvalue weighted by molar-refractivity contribution is 0.252. The number of nitrogens with one attached hydrogen (secondary N) is 1. The summed E-state index contributed by atoms with van der Waals surface area (Å²) in [5.41, 5.74) is 1.34. The number of methoxy groups -OCH3 is 1. The van der Waals surface area contributed by atoms with E-state index in [1.165, 1.54) is 44.3 Å². The molecule has 1 aliphatic heterocycles. The maximum Gasteiger partial charge on any atom is 0.118 e. The van der Waals surface area contributed by atoms with E-state index in [1.54, 1.807) is 7.11 Å². The van der Waals surface area contributed by atoms with Crippen molar-refractivity contribution in [1.29, 1.82) is 0 Å². The van der Waals surface area contributed by atoms with Crippen LogP contribution in [0, 0.1) is 5.92 Å². The minimum atomic E-state index is 0.397. The Kier molecular flexibility index (Phi) is 6.52. The molecular formula is C18H30N2O. The molecule has 2 atom stereocenters. The van der Waals surface area contributed by atoms with E-state index >= 15 is 0 Å². The van der Waals surface area contributed by atoms with E-state index in [4.69, 9.17) is 4.74 Å². The molecule has 1 aliphatic rings. The summed E-state index contributed by atoms with van der Waals surface area (Å²) in [6, 6.07) is 8.85. The number of rotatable bonds is 6. The van der Waals surface area contributed by atoms with Gasteiger partial charge in [-0.3, -0.25) is 0 Å². The van der Waals surface area contributed by atoms with Gasteiger partial charge in [0, 0.05) is 12.6 Å². The molecule has 1 saturated heterocycles. The second-order valence-electron chi connectivity index (χ2n) is 6.12. The molecule has 0 spiro atoms. The quantitative estimate of drug-likeness (QED) is 0.868. The fourth-order valence-corrected chi connectivity index (χ4v) is 3.27. The van der Waals surface area contributed by atoms with Crippen molar-refractivity contribution in [3.63, 3.8) is 0 Å². The van der Waals surface area contributed by atoms with E-state index in [0.29, 0.717) is 6.04 Å². The fourth-order valence-electron chi connectivity index (χ4n) is 3.27. The summed E-state index contributed by atoms with van der Waals surface area (Å²) in [6.07, 6.45) is 5.44. The molecule has 0 bridgehead atoms. The van der Waals surface area contributed by atoms with Crippen molar-refractivity contribution < 1.29 is 4.74 Å². The predicted octanol–water partition coefficient (Wildman–Crippen LogP) is 3.47. The monoisotopic (exact) mass is 290 g/mol. The number of ether oxygens (including phenoxy) is 1. The first-order valence-electron chi connectivity index (χ1n) is 8.30. The number of hydrogen-bond acceptors (Lipinski definition) is 3. The zero-order valence-corrected chi connectivity index (χ0v) is 13.8. The first-order chi connectivity index (χ1) is 10.3. The van der Waals surface area contributed by atoms with Crippen molar-refractivity contribution >= 4 is 0 Å². The van der Waals surface area contributed by atoms with E-state index in [0.717, 1.165) is 18.2 Å². The smallest absolute Gasteiger partial charge is 0.118 e. The molecule has 3 heteroatoms. The zero-order chi connectivity index (χ0) is 15.1. The van der Waals surface area contributed by atoms with Crippen LogP contribution in [0.25, 0.3) is 0 Å². The second kappa shape index (κ2) is 8.40. The Balaban J connectivity index is 1.94. The molecular weight excluding hydrogens is 260 g/mol. The number of nitrogens with zero attached hydrogens (tertiary/aromatic N) is 1. The third-order valence-electron chi connectivity index (χ3n) is 4.83. The standard InChI is InChI=1S/C18H30N2O/c1-4-15-6-5-12-20(13-11-15)14-18(19-2)16-7-9-17(21-3)10-8-16/h7-10,15,18-19H,4-6,11-14H2,1-3H3. The molecule has 0 radical (unpaired) electrons. The Hall–Kier alpha value is -1.06. The van der Waals surface area contributed by atoms with Gasteiger partial charge in [0.05, 0.1) is 7.11 Å². The van der Waals surface area contributed by atoms with Gasteiger partial charge in [-0.15, -0.1) is 0 Å². The van der Waals surface area contributed by atoms with E-state index in [9.17, 15) is 0 Å². The molecule has 3 nitrogen and oxygen atoms in total. The van der Waals surface area contributed by atoms with E-state index in [1.807, 2.05) is 0 Å². The van der Waals surface area contributed by atoms with Crippen LogP contribution in [0.3, 0.4) is 0 Å². The number of benzene rings is 1. The molecule has 1 aromatic rings. The van der Waals surface area contributed by atoms with Gasteiger partial charge in [0.2, 0.25) is 0 Å². The van der Waals surface area contributed by atoms with Crippen molar-refractivity contribution in [1.82, 2.24) is 10.2 Å². The Morgan fingerprint density at radius 2 is 2.00 bits per heavy atom. The van der Waals surface area contributed by atoms with Crippen LogP contribution >= 0.6 is 0 Å². The molecule has 2 rings (SSSR count). The van der Waals surface area contributed by atoms with Crippen LogP contribution in [-0.2, 0) is 0 Å². The fraction of sp³-hybridized carbons (Fsp3) is 0.667. The van der Waals surface area contributed by atoms with Crippen molar-refractivity contribution in [2.45, 2.75) is 38.6 Å². The zero-order valence-electron chi connectivity index (χ0n) is 13.8. The lowest BCUT2D eigenvalue weighted by Crippen LogP contribution is -2.34. The summed E-state index contributed by atoms with van der Waals surface area (Å²) in [5.74, 6) is 1.86. The summed E-state index contributed by atoms with van der Waals surface area (Å²) in [4.78, 5) is 2.63. The van der Waals surface area contributed by atoms with Crippen LogP contribution in [0.1, 0.15) is 44.2 Å². The highest BCUT2D eigenvalue weighted by Crippen LogP contribution is 2.23. The normalized spacial score (nSPS) is 21.8. The highest BCUT2D eigenvalue weighted by molar-refractivity contribution is 5.29. The third kappa shape index (κ3) is 4.72. The highest BCUT2D eigenvalue weighted by atomic mass is 16.5. The summed E-state index contributed by atoms with van der Waals surface area (Å²) >= 11 is 0. The molecule has 2 unspecified atom stereocenters. The van der Waals surface area contributed by atoms with E-state index in [-0.39, 0.29) is 0 Å². The maximum atomic E-state index is 5.24. The van der Waals surface area contributed by atoms with E-state index in [2.05, 4.69) is 48.5 Å². The van der Waals surface area contributed by atoms with Crippen LogP contribution in [0.2, 0.25) is 0 Å². The van der Waals surface area contributed by atoms with Crippen LogP contribution < -0.4 is 10.1 Å². The topological polar surface area (TPSA) is 24.5 Å². The minimum Gasteiger partial charge on any atom is -0.497 e. The number of hydrogen-bond donors (Lipinski definition) is 1. The average Bonchev–Trinajstić information content (AvgIpc) is 2.77. The first kappa shape index (κ1) is 16.3. The Labute approximate surface area is 129 Å². The van der Waals surface area contributed by atoms with Gasteiger partial charge in [-0.25, -0.2) is 0 Å². The van der Waals surface area contributed by atoms with Gasteiger partial charge in [-0.1, -0.05) is 25.5 Å². The Bertz CT molecular complexity index is 404. The molecule has 1 N–H and O–H groups in total. The minimum absolute atomic E-state index is 0.397. The summed E-state index contributed by atoms with van der Waals surface area (Å²) in [6.45, 7) is 5.91. The number of likely N-dealkylation sites (tertiary alicyclic amines) is 1. The molecule has 0 aromatic heterocycles. The van der Waals surface area contributed by atoms with Gasteiger partial charge in [-0.2, -0.15) is 0 Å². The molecule has 1 fully saturated rings. The van der Waals surface area contributed by atoms with Crippen LogP contribution in [0.5, 0.6) is 5.75 Å². The van der Waals surface area contributed by atoms with E-state index < -0.39 is 0 Å². The lowest BCUT2D eigenvalue weighted by atomic mass is 9.98. The van der Waals surface area contributed by atoms with Crippen LogP contribution in [0.4, 0.5) is 0 Å². The van der Waals surface area contributed by atoms with Gasteiger partial charge in [0.15, 0.2) is 0 Å². The summed E-state index contributed by atoms with van der Waals surface area (Å²) in [5, 5.41) is 3.47. The van der Waals surface area contributed by atoms with Crippen molar-refractivity contribution in [2.75, 3.05) is 33.8 Å². The van der Waals surface area contributed by atoms with Crippen LogP contribution in [-0.4, -0.2) is 38.7 Å². The largest absolute Gasteiger partial charge is 0.497 e. The summed E-state index contributed by atoms with van der Waals surface area (Å²) < 4.78 is 5.24. The van der Waals surface area contributed by atoms with Gasteiger partial charge in [0.1, 0.15) is 5.75 Å². The second-order valence-corrected chi connectivity index (χ2v) is 6.12. The lowest BCUT2D eigenvalue weighted by Gasteiger charge is -2.26. The molecule has 118 valence electrons. The van der Waals surface area contributed by atoms with Crippen molar-refractivity contribution in [2.24, 2.45) is 5.92 Å². The molecule has 1 heterocycles. The molecule has 0 saturated carbocycles. The van der Waals surface area contributed by atoms with Crippen molar-refractivity contribution in [3.05, 3.63) is 29.8 Å². The maximum absolute atomic E-state index is 5.24. The van der Waals surface area contributed by atoms with Gasteiger partial charge >= 0.3 is 0 Å². The molecule has 21 heavy (non-hydrogen) atoms. The summed E-state index contributed by atoms with van der Waals surface area (Å²) in [7, 11) is 3.77. The number of likely N-dealkylation sites (N-methyl/N-ethyl adjacent to an activating group) is 1. The van der Waals surface area contributed by atoms with Gasteiger partial charge < -0.3 is 15.0 Å². The third-order valence-corrected chi connectivity index (χ3v) is 4.83. The van der Waals surface area contributed by atoms with Gasteiger partial charge in [-0.05, 0) is 63.0 Å².